The highest BCUT2D eigenvalue weighted by molar-refractivity contribution is 6.08. The van der Waals surface area contributed by atoms with Gasteiger partial charge in [0.25, 0.3) is 11.8 Å². The van der Waals surface area contributed by atoms with Crippen molar-refractivity contribution in [2.24, 2.45) is 0 Å². The fraction of sp³-hybridized carbons (Fsp3) is 0.429. The molecule has 3 amide bonds. The maximum Gasteiger partial charge on any atom is 0.271 e. The predicted molar refractivity (Wildman–Crippen MR) is 114 cm³/mol. The number of nitrogens with zero attached hydrogens (tertiary/aromatic N) is 2. The molecule has 1 saturated heterocycles. The van der Waals surface area contributed by atoms with E-state index in [-0.39, 0.29) is 23.8 Å². The Morgan fingerprint density at radius 2 is 1.82 bits per heavy atom. The fourth-order valence-electron chi connectivity index (χ4n) is 3.69. The van der Waals surface area contributed by atoms with Gasteiger partial charge in [0.15, 0.2) is 0 Å². The molecule has 1 aliphatic rings. The molecule has 2 heterocycles. The maximum absolute atomic E-state index is 13.8. The van der Waals surface area contributed by atoms with Crippen molar-refractivity contribution >= 4 is 23.4 Å². The summed E-state index contributed by atoms with van der Waals surface area (Å²) in [4.78, 5) is 38.2. The second kappa shape index (κ2) is 11.5. The number of halogens is 2. The number of anilines is 1. The molecule has 0 spiro atoms. The quantitative estimate of drug-likeness (QED) is 0.218. The van der Waals surface area contributed by atoms with Crippen molar-refractivity contribution in [2.45, 2.75) is 38.1 Å². The monoisotopic (exact) mass is 464 g/mol. The zero-order valence-electron chi connectivity index (χ0n) is 17.9. The SMILES string of the molecule is O=C(CCCCN1CCC(NC(=O)c2[nH]ncc2NC(=O)c2c(F)cccc2F)CC1)NO. The van der Waals surface area contributed by atoms with Crippen molar-refractivity contribution in [3.05, 3.63) is 47.3 Å². The third-order valence-corrected chi connectivity index (χ3v) is 5.48. The lowest BCUT2D eigenvalue weighted by atomic mass is 10.0. The first kappa shape index (κ1) is 24.3. The van der Waals surface area contributed by atoms with Crippen LogP contribution in [0.4, 0.5) is 14.5 Å². The summed E-state index contributed by atoms with van der Waals surface area (Å²) in [5.74, 6) is -3.92. The summed E-state index contributed by atoms with van der Waals surface area (Å²) < 4.78 is 27.7. The van der Waals surface area contributed by atoms with Crippen molar-refractivity contribution in [3.63, 3.8) is 0 Å². The van der Waals surface area contributed by atoms with Gasteiger partial charge in [-0.05, 0) is 44.4 Å². The zero-order valence-corrected chi connectivity index (χ0v) is 17.9. The van der Waals surface area contributed by atoms with E-state index in [0.29, 0.717) is 6.42 Å². The van der Waals surface area contributed by atoms with E-state index in [1.54, 1.807) is 5.48 Å². The highest BCUT2D eigenvalue weighted by Crippen LogP contribution is 2.18. The molecule has 12 heteroatoms. The van der Waals surface area contributed by atoms with E-state index in [0.717, 1.165) is 57.1 Å². The maximum atomic E-state index is 13.8. The predicted octanol–water partition coefficient (Wildman–Crippen LogP) is 1.81. The third kappa shape index (κ3) is 6.56. The summed E-state index contributed by atoms with van der Waals surface area (Å²) in [6, 6.07) is 3.02. The highest BCUT2D eigenvalue weighted by atomic mass is 19.1. The largest absolute Gasteiger partial charge is 0.348 e. The van der Waals surface area contributed by atoms with Crippen LogP contribution in [0.15, 0.2) is 24.4 Å². The van der Waals surface area contributed by atoms with Crippen LogP contribution >= 0.6 is 0 Å². The standard InChI is InChI=1S/C21H26F2N6O4/c22-14-4-3-5-15(23)18(14)20(31)26-16-12-24-27-19(16)21(32)25-13-7-10-29(11-8-13)9-2-1-6-17(30)28-33/h3-5,12-13,33H,1-2,6-11H2,(H,24,27)(H,25,32)(H,26,31)(H,28,30). The molecule has 10 nitrogen and oxygen atoms in total. The van der Waals surface area contributed by atoms with Crippen LogP contribution in [0.1, 0.15) is 53.0 Å². The fourth-order valence-corrected chi connectivity index (χ4v) is 3.69. The average Bonchev–Trinajstić information content (AvgIpc) is 3.25. The number of hydroxylamine groups is 1. The number of piperidine rings is 1. The second-order valence-corrected chi connectivity index (χ2v) is 7.79. The van der Waals surface area contributed by atoms with Crippen molar-refractivity contribution in [1.82, 2.24) is 25.9 Å². The number of amides is 3. The van der Waals surface area contributed by atoms with E-state index in [1.807, 2.05) is 0 Å². The molecule has 1 aromatic heterocycles. The first-order valence-electron chi connectivity index (χ1n) is 10.6. The lowest BCUT2D eigenvalue weighted by Gasteiger charge is -2.32. The Morgan fingerprint density at radius 1 is 1.12 bits per heavy atom. The number of H-pyrrole nitrogens is 1. The summed E-state index contributed by atoms with van der Waals surface area (Å²) >= 11 is 0. The number of carbonyl (C=O) groups is 3. The van der Waals surface area contributed by atoms with Crippen LogP contribution < -0.4 is 16.1 Å². The average molecular weight is 464 g/mol. The minimum absolute atomic E-state index is 0.00955. The van der Waals surface area contributed by atoms with Crippen LogP contribution in [0.5, 0.6) is 0 Å². The lowest BCUT2D eigenvalue weighted by Crippen LogP contribution is -2.45. The zero-order chi connectivity index (χ0) is 23.8. The van der Waals surface area contributed by atoms with Gasteiger partial charge < -0.3 is 15.5 Å². The number of rotatable bonds is 9. The van der Waals surface area contributed by atoms with Crippen LogP contribution in [0, 0.1) is 11.6 Å². The minimum atomic E-state index is -1.02. The molecule has 0 bridgehead atoms. The van der Waals surface area contributed by atoms with E-state index in [9.17, 15) is 23.2 Å². The Kier molecular flexibility index (Phi) is 8.44. The Morgan fingerprint density at radius 3 is 2.48 bits per heavy atom. The van der Waals surface area contributed by atoms with Gasteiger partial charge in [0.1, 0.15) is 22.9 Å². The van der Waals surface area contributed by atoms with Gasteiger partial charge in [-0.25, -0.2) is 14.3 Å². The van der Waals surface area contributed by atoms with Crippen molar-refractivity contribution in [2.75, 3.05) is 25.0 Å². The number of aromatic nitrogens is 2. The van der Waals surface area contributed by atoms with E-state index in [4.69, 9.17) is 5.21 Å². The topological polar surface area (TPSA) is 139 Å². The molecule has 0 radical (unpaired) electrons. The van der Waals surface area contributed by atoms with Gasteiger partial charge in [-0.3, -0.25) is 24.7 Å². The van der Waals surface area contributed by atoms with Gasteiger partial charge in [0, 0.05) is 25.6 Å². The number of likely N-dealkylation sites (tertiary alicyclic amines) is 1. The number of benzene rings is 1. The van der Waals surface area contributed by atoms with Crippen molar-refractivity contribution in [1.29, 1.82) is 0 Å². The molecule has 1 aromatic carbocycles. The lowest BCUT2D eigenvalue weighted by molar-refractivity contribution is -0.129. The van der Waals surface area contributed by atoms with Gasteiger partial charge in [-0.1, -0.05) is 6.07 Å². The highest BCUT2D eigenvalue weighted by Gasteiger charge is 2.24. The number of carbonyl (C=O) groups excluding carboxylic acids is 3. The van der Waals surface area contributed by atoms with E-state index in [1.165, 1.54) is 6.20 Å². The van der Waals surface area contributed by atoms with E-state index in [2.05, 4.69) is 25.7 Å². The number of nitrogens with one attached hydrogen (secondary N) is 4. The van der Waals surface area contributed by atoms with Gasteiger partial charge in [0.05, 0.1) is 11.9 Å². The van der Waals surface area contributed by atoms with Crippen LogP contribution in [0.2, 0.25) is 0 Å². The molecule has 33 heavy (non-hydrogen) atoms. The molecule has 0 aliphatic carbocycles. The molecule has 1 aliphatic heterocycles. The second-order valence-electron chi connectivity index (χ2n) is 7.79. The molecule has 0 saturated carbocycles. The van der Waals surface area contributed by atoms with Crippen LogP contribution in [-0.4, -0.2) is 63.7 Å². The van der Waals surface area contributed by atoms with Crippen LogP contribution in [-0.2, 0) is 4.79 Å². The molecule has 0 atom stereocenters. The van der Waals surface area contributed by atoms with E-state index < -0.39 is 34.9 Å². The number of hydrogen-bond donors (Lipinski definition) is 5. The van der Waals surface area contributed by atoms with Gasteiger partial charge in [-0.2, -0.15) is 5.10 Å². The molecular weight excluding hydrogens is 438 g/mol. The van der Waals surface area contributed by atoms with Crippen LogP contribution in [0.3, 0.4) is 0 Å². The molecule has 1 fully saturated rings. The summed E-state index contributed by atoms with van der Waals surface area (Å²) in [5, 5.41) is 20.0. The smallest absolute Gasteiger partial charge is 0.271 e. The molecule has 2 aromatic rings. The number of aromatic amines is 1. The minimum Gasteiger partial charge on any atom is -0.348 e. The molecule has 0 unspecified atom stereocenters. The first-order chi connectivity index (χ1) is 15.9. The molecule has 5 N–H and O–H groups in total. The number of hydrogen-bond acceptors (Lipinski definition) is 6. The van der Waals surface area contributed by atoms with Gasteiger partial charge in [0.2, 0.25) is 5.91 Å². The molecular formula is C21H26F2N6O4. The summed E-state index contributed by atoms with van der Waals surface area (Å²) in [5.41, 5.74) is 0.877. The van der Waals surface area contributed by atoms with E-state index >= 15 is 0 Å². The normalized spacial score (nSPS) is 14.6. The van der Waals surface area contributed by atoms with Crippen molar-refractivity contribution in [3.8, 4) is 0 Å². The third-order valence-electron chi connectivity index (χ3n) is 5.48. The Balaban J connectivity index is 1.48. The summed E-state index contributed by atoms with van der Waals surface area (Å²) in [7, 11) is 0. The summed E-state index contributed by atoms with van der Waals surface area (Å²) in [6.07, 6.45) is 4.41. The van der Waals surface area contributed by atoms with Gasteiger partial charge >= 0.3 is 0 Å². The van der Waals surface area contributed by atoms with Crippen molar-refractivity contribution < 1.29 is 28.4 Å². The Labute approximate surface area is 188 Å². The Bertz CT molecular complexity index is 971. The van der Waals surface area contributed by atoms with Gasteiger partial charge in [-0.15, -0.1) is 0 Å². The Hall–Kier alpha value is -3.38. The number of unbranched alkanes of at least 4 members (excludes halogenated alkanes) is 1. The molecule has 3 rings (SSSR count). The van der Waals surface area contributed by atoms with Crippen LogP contribution in [0.25, 0.3) is 0 Å². The molecule has 178 valence electrons. The summed E-state index contributed by atoms with van der Waals surface area (Å²) in [6.45, 7) is 2.37. The first-order valence-corrected chi connectivity index (χ1v) is 10.6.